The summed E-state index contributed by atoms with van der Waals surface area (Å²) < 4.78 is 5.38. The van der Waals surface area contributed by atoms with Gasteiger partial charge in [-0.2, -0.15) is 0 Å². The Morgan fingerprint density at radius 3 is 2.33 bits per heavy atom. The largest absolute Gasteiger partial charge is 0.494 e. The molecule has 5 heteroatoms. The molecule has 0 heterocycles. The van der Waals surface area contributed by atoms with Crippen molar-refractivity contribution < 1.29 is 24.5 Å². The number of carboxylic acids is 2. The zero-order valence-corrected chi connectivity index (χ0v) is 10.2. The van der Waals surface area contributed by atoms with Crippen LogP contribution in [0.15, 0.2) is 18.2 Å². The van der Waals surface area contributed by atoms with Gasteiger partial charge in [0.2, 0.25) is 0 Å². The number of hydrogen-bond donors (Lipinski definition) is 2. The van der Waals surface area contributed by atoms with Gasteiger partial charge in [-0.3, -0.25) is 0 Å². The topological polar surface area (TPSA) is 83.8 Å². The van der Waals surface area contributed by atoms with Gasteiger partial charge in [-0.15, -0.1) is 0 Å². The maximum absolute atomic E-state index is 10.9. The Morgan fingerprint density at radius 1 is 1.11 bits per heavy atom. The molecule has 18 heavy (non-hydrogen) atoms. The maximum atomic E-state index is 10.9. The summed E-state index contributed by atoms with van der Waals surface area (Å²) in [6.07, 6.45) is 3.00. The molecule has 0 amide bonds. The van der Waals surface area contributed by atoms with E-state index >= 15 is 0 Å². The van der Waals surface area contributed by atoms with Crippen molar-refractivity contribution in [3.05, 3.63) is 29.3 Å². The van der Waals surface area contributed by atoms with Crippen LogP contribution in [0, 0.1) is 0 Å². The Hall–Kier alpha value is -2.04. The third kappa shape index (κ3) is 3.76. The van der Waals surface area contributed by atoms with Crippen LogP contribution in [0.3, 0.4) is 0 Å². The molecule has 0 aliphatic carbocycles. The summed E-state index contributed by atoms with van der Waals surface area (Å²) in [6, 6.07) is 3.97. The van der Waals surface area contributed by atoms with Crippen molar-refractivity contribution in [2.45, 2.75) is 26.2 Å². The van der Waals surface area contributed by atoms with Crippen molar-refractivity contribution in [1.29, 1.82) is 0 Å². The molecular formula is C13H16O5. The standard InChI is InChI=1S/C13H16O5/c1-2-3-4-7-18-9-5-6-10(12(14)15)11(8-9)13(16)17/h5-6,8H,2-4,7H2,1H3,(H,14,15)(H,16,17). The summed E-state index contributed by atoms with van der Waals surface area (Å²) >= 11 is 0. The second-order valence-corrected chi connectivity index (χ2v) is 3.87. The van der Waals surface area contributed by atoms with Gasteiger partial charge in [0.15, 0.2) is 0 Å². The average molecular weight is 252 g/mol. The number of carbonyl (C=O) groups is 2. The first-order valence-electron chi connectivity index (χ1n) is 5.79. The van der Waals surface area contributed by atoms with Crippen molar-refractivity contribution >= 4 is 11.9 Å². The van der Waals surface area contributed by atoms with E-state index in [2.05, 4.69) is 6.92 Å². The van der Waals surface area contributed by atoms with Crippen LogP contribution in [0.2, 0.25) is 0 Å². The number of carboxylic acid groups (broad SMARTS) is 2. The van der Waals surface area contributed by atoms with Gasteiger partial charge in [0.25, 0.3) is 0 Å². The predicted octanol–water partition coefficient (Wildman–Crippen LogP) is 2.65. The minimum Gasteiger partial charge on any atom is -0.494 e. The fourth-order valence-corrected chi connectivity index (χ4v) is 1.52. The first-order valence-corrected chi connectivity index (χ1v) is 5.79. The molecule has 2 N–H and O–H groups in total. The summed E-state index contributed by atoms with van der Waals surface area (Å²) in [4.78, 5) is 21.8. The molecule has 0 atom stereocenters. The molecule has 0 aliphatic heterocycles. The van der Waals surface area contributed by atoms with E-state index in [1.54, 1.807) is 0 Å². The fraction of sp³-hybridized carbons (Fsp3) is 0.385. The maximum Gasteiger partial charge on any atom is 0.336 e. The molecule has 1 rings (SSSR count). The van der Waals surface area contributed by atoms with Crippen LogP contribution in [0.1, 0.15) is 46.9 Å². The van der Waals surface area contributed by atoms with Crippen molar-refractivity contribution in [3.63, 3.8) is 0 Å². The molecule has 0 unspecified atom stereocenters. The first kappa shape index (κ1) is 14.0. The minimum atomic E-state index is -1.27. The Labute approximate surface area is 105 Å². The molecule has 98 valence electrons. The van der Waals surface area contributed by atoms with Crippen LogP contribution in [-0.2, 0) is 0 Å². The lowest BCUT2D eigenvalue weighted by atomic mass is 10.1. The summed E-state index contributed by atoms with van der Waals surface area (Å²) in [5, 5.41) is 17.8. The highest BCUT2D eigenvalue weighted by Crippen LogP contribution is 2.18. The van der Waals surface area contributed by atoms with E-state index < -0.39 is 11.9 Å². The third-order valence-corrected chi connectivity index (χ3v) is 2.47. The van der Waals surface area contributed by atoms with Gasteiger partial charge in [-0.25, -0.2) is 9.59 Å². The van der Waals surface area contributed by atoms with Crippen LogP contribution in [0.5, 0.6) is 5.75 Å². The molecule has 0 spiro atoms. The number of benzene rings is 1. The molecule has 0 saturated carbocycles. The summed E-state index contributed by atoms with van der Waals surface area (Å²) in [5.41, 5.74) is -0.487. The smallest absolute Gasteiger partial charge is 0.336 e. The zero-order valence-electron chi connectivity index (χ0n) is 10.2. The Balaban J connectivity index is 2.80. The van der Waals surface area contributed by atoms with Gasteiger partial charge in [0, 0.05) is 0 Å². The molecule has 0 aliphatic rings. The highest BCUT2D eigenvalue weighted by molar-refractivity contribution is 6.01. The van der Waals surface area contributed by atoms with Gasteiger partial charge in [-0.05, 0) is 24.6 Å². The first-order chi connectivity index (χ1) is 8.56. The molecule has 0 fully saturated rings. The Morgan fingerprint density at radius 2 is 1.78 bits per heavy atom. The quantitative estimate of drug-likeness (QED) is 0.729. The monoisotopic (exact) mass is 252 g/mol. The van der Waals surface area contributed by atoms with Gasteiger partial charge in [0.05, 0.1) is 17.7 Å². The summed E-state index contributed by atoms with van der Waals surface area (Å²) in [5.74, 6) is -2.15. The lowest BCUT2D eigenvalue weighted by Gasteiger charge is -2.08. The van der Waals surface area contributed by atoms with Crippen LogP contribution < -0.4 is 4.74 Å². The van der Waals surface area contributed by atoms with Crippen LogP contribution in [0.4, 0.5) is 0 Å². The molecule has 0 radical (unpaired) electrons. The van der Waals surface area contributed by atoms with E-state index in [-0.39, 0.29) is 11.1 Å². The van der Waals surface area contributed by atoms with Crippen molar-refractivity contribution in [2.24, 2.45) is 0 Å². The van der Waals surface area contributed by atoms with Crippen LogP contribution >= 0.6 is 0 Å². The Bertz CT molecular complexity index is 439. The summed E-state index contributed by atoms with van der Waals surface area (Å²) in [6.45, 7) is 2.57. The molecule has 0 bridgehead atoms. The highest BCUT2D eigenvalue weighted by Gasteiger charge is 2.16. The highest BCUT2D eigenvalue weighted by atomic mass is 16.5. The van der Waals surface area contributed by atoms with E-state index in [0.717, 1.165) is 19.3 Å². The van der Waals surface area contributed by atoms with Gasteiger partial charge >= 0.3 is 11.9 Å². The van der Waals surface area contributed by atoms with Crippen molar-refractivity contribution in [2.75, 3.05) is 6.61 Å². The number of hydrogen-bond acceptors (Lipinski definition) is 3. The van der Waals surface area contributed by atoms with E-state index in [4.69, 9.17) is 14.9 Å². The third-order valence-electron chi connectivity index (χ3n) is 2.47. The molecule has 0 aromatic heterocycles. The second kappa shape index (κ2) is 6.64. The Kier molecular flexibility index (Phi) is 5.17. The van der Waals surface area contributed by atoms with Crippen LogP contribution in [0.25, 0.3) is 0 Å². The predicted molar refractivity (Wildman–Crippen MR) is 65.4 cm³/mol. The number of rotatable bonds is 7. The fourth-order valence-electron chi connectivity index (χ4n) is 1.52. The van der Waals surface area contributed by atoms with E-state index in [0.29, 0.717) is 12.4 Å². The SMILES string of the molecule is CCCCCOc1ccc(C(=O)O)c(C(=O)O)c1. The van der Waals surface area contributed by atoms with Gasteiger partial charge in [-0.1, -0.05) is 19.8 Å². The van der Waals surface area contributed by atoms with E-state index in [9.17, 15) is 9.59 Å². The van der Waals surface area contributed by atoms with E-state index in [1.165, 1.54) is 18.2 Å². The van der Waals surface area contributed by atoms with E-state index in [1.807, 2.05) is 0 Å². The summed E-state index contributed by atoms with van der Waals surface area (Å²) in [7, 11) is 0. The minimum absolute atomic E-state index is 0.233. The van der Waals surface area contributed by atoms with Crippen molar-refractivity contribution in [3.8, 4) is 5.75 Å². The van der Waals surface area contributed by atoms with Crippen molar-refractivity contribution in [1.82, 2.24) is 0 Å². The lowest BCUT2D eigenvalue weighted by molar-refractivity contribution is 0.0651. The average Bonchev–Trinajstić information content (AvgIpc) is 2.34. The number of ether oxygens (including phenoxy) is 1. The molecule has 0 saturated heterocycles. The second-order valence-electron chi connectivity index (χ2n) is 3.87. The van der Waals surface area contributed by atoms with Crippen LogP contribution in [-0.4, -0.2) is 28.8 Å². The molecule has 1 aromatic rings. The number of aromatic carboxylic acids is 2. The zero-order chi connectivity index (χ0) is 13.5. The number of unbranched alkanes of at least 4 members (excludes halogenated alkanes) is 2. The molecule has 1 aromatic carbocycles. The molecule has 5 nitrogen and oxygen atoms in total. The lowest BCUT2D eigenvalue weighted by Crippen LogP contribution is -2.08. The normalized spacial score (nSPS) is 10.1. The molecular weight excluding hydrogens is 236 g/mol. The van der Waals surface area contributed by atoms with Gasteiger partial charge < -0.3 is 14.9 Å². The van der Waals surface area contributed by atoms with Gasteiger partial charge in [0.1, 0.15) is 5.75 Å².